The van der Waals surface area contributed by atoms with Crippen LogP contribution in [0.1, 0.15) is 24.8 Å². The van der Waals surface area contributed by atoms with Crippen LogP contribution in [0.2, 0.25) is 0 Å². The molecule has 1 aliphatic heterocycles. The molecule has 1 saturated heterocycles. The van der Waals surface area contributed by atoms with Crippen molar-refractivity contribution in [2.75, 3.05) is 13.1 Å². The van der Waals surface area contributed by atoms with Gasteiger partial charge >= 0.3 is 0 Å². The third-order valence-electron chi connectivity index (χ3n) is 2.98. The van der Waals surface area contributed by atoms with Crippen molar-refractivity contribution in [1.82, 2.24) is 4.90 Å². The Hall–Kier alpha value is -1.09. The molecule has 0 aromatic heterocycles. The van der Waals surface area contributed by atoms with Gasteiger partial charge in [0.15, 0.2) is 0 Å². The molecular weight excluding hydrogens is 278 g/mol. The normalized spacial score (nSPS) is 16.4. The summed E-state index contributed by atoms with van der Waals surface area (Å²) in [4.78, 5) is 13.8. The highest BCUT2D eigenvalue weighted by molar-refractivity contribution is 9.10. The molecule has 0 aliphatic carbocycles. The van der Waals surface area contributed by atoms with E-state index < -0.39 is 0 Å². The molecule has 0 saturated carbocycles. The molecule has 1 aliphatic rings. The highest BCUT2D eigenvalue weighted by Crippen LogP contribution is 2.17. The summed E-state index contributed by atoms with van der Waals surface area (Å²) in [5, 5.41) is 0. The first-order chi connectivity index (χ1) is 8.27. The molecule has 1 fully saturated rings. The van der Waals surface area contributed by atoms with E-state index in [0.29, 0.717) is 0 Å². The van der Waals surface area contributed by atoms with Crippen LogP contribution in [-0.2, 0) is 4.79 Å². The zero-order chi connectivity index (χ0) is 12.1. The molecule has 0 bridgehead atoms. The van der Waals surface area contributed by atoms with Crippen LogP contribution in [0, 0.1) is 0 Å². The highest BCUT2D eigenvalue weighted by atomic mass is 79.9. The van der Waals surface area contributed by atoms with Gasteiger partial charge in [0.05, 0.1) is 0 Å². The monoisotopic (exact) mass is 293 g/mol. The predicted molar refractivity (Wildman–Crippen MR) is 73.6 cm³/mol. The number of halogens is 1. The van der Waals surface area contributed by atoms with E-state index in [1.165, 1.54) is 6.42 Å². The molecule has 2 rings (SSSR count). The fourth-order valence-electron chi connectivity index (χ4n) is 1.99. The Kier molecular flexibility index (Phi) is 4.37. The lowest BCUT2D eigenvalue weighted by Crippen LogP contribution is -2.34. The summed E-state index contributed by atoms with van der Waals surface area (Å²) in [5.74, 6) is 0.125. The fourth-order valence-corrected chi connectivity index (χ4v) is 2.41. The van der Waals surface area contributed by atoms with E-state index in [4.69, 9.17) is 0 Å². The van der Waals surface area contributed by atoms with Crippen LogP contribution < -0.4 is 0 Å². The number of benzene rings is 1. The summed E-state index contributed by atoms with van der Waals surface area (Å²) in [6.07, 6.45) is 7.06. The van der Waals surface area contributed by atoms with Crippen molar-refractivity contribution in [2.24, 2.45) is 0 Å². The minimum Gasteiger partial charge on any atom is -0.339 e. The minimum absolute atomic E-state index is 0.125. The Balaban J connectivity index is 2.00. The number of carbonyl (C=O) groups excluding carboxylic acids is 1. The van der Waals surface area contributed by atoms with Gasteiger partial charge in [-0.25, -0.2) is 0 Å². The second-order valence-corrected chi connectivity index (χ2v) is 5.10. The first-order valence-corrected chi connectivity index (χ1v) is 6.78. The molecule has 90 valence electrons. The van der Waals surface area contributed by atoms with Crippen molar-refractivity contribution in [1.29, 1.82) is 0 Å². The van der Waals surface area contributed by atoms with E-state index >= 15 is 0 Å². The van der Waals surface area contributed by atoms with Crippen LogP contribution in [-0.4, -0.2) is 23.9 Å². The molecule has 17 heavy (non-hydrogen) atoms. The maximum atomic E-state index is 11.9. The number of piperidine rings is 1. The maximum absolute atomic E-state index is 11.9. The second kappa shape index (κ2) is 6.01. The van der Waals surface area contributed by atoms with Gasteiger partial charge in [0, 0.05) is 23.6 Å². The molecule has 1 aromatic rings. The van der Waals surface area contributed by atoms with Gasteiger partial charge in [-0.2, -0.15) is 0 Å². The van der Waals surface area contributed by atoms with Gasteiger partial charge in [0.2, 0.25) is 5.91 Å². The molecular formula is C14H16BrNO. The molecule has 0 atom stereocenters. The SMILES string of the molecule is O=C(C=Cc1ccccc1Br)N1CCCCC1. The Labute approximate surface area is 110 Å². The molecule has 0 unspecified atom stereocenters. The number of rotatable bonds is 2. The fraction of sp³-hybridized carbons (Fsp3) is 0.357. The Morgan fingerprint density at radius 2 is 1.88 bits per heavy atom. The Morgan fingerprint density at radius 3 is 2.59 bits per heavy atom. The lowest BCUT2D eigenvalue weighted by atomic mass is 10.1. The van der Waals surface area contributed by atoms with Gasteiger partial charge in [0.1, 0.15) is 0 Å². The van der Waals surface area contributed by atoms with Crippen LogP contribution in [0.15, 0.2) is 34.8 Å². The van der Waals surface area contributed by atoms with Crippen molar-refractivity contribution < 1.29 is 4.79 Å². The molecule has 1 heterocycles. The third kappa shape index (κ3) is 3.43. The summed E-state index contributed by atoms with van der Waals surface area (Å²) in [5.41, 5.74) is 1.04. The van der Waals surface area contributed by atoms with Gasteiger partial charge in [-0.05, 0) is 37.0 Å². The lowest BCUT2D eigenvalue weighted by Gasteiger charge is -2.25. The summed E-state index contributed by atoms with van der Waals surface area (Å²) >= 11 is 3.47. The van der Waals surface area contributed by atoms with E-state index in [9.17, 15) is 4.79 Å². The largest absolute Gasteiger partial charge is 0.339 e. The average Bonchev–Trinajstić information content (AvgIpc) is 2.38. The lowest BCUT2D eigenvalue weighted by molar-refractivity contribution is -0.126. The number of hydrogen-bond donors (Lipinski definition) is 0. The van der Waals surface area contributed by atoms with E-state index in [-0.39, 0.29) is 5.91 Å². The van der Waals surface area contributed by atoms with Gasteiger partial charge in [-0.15, -0.1) is 0 Å². The van der Waals surface area contributed by atoms with Crippen molar-refractivity contribution in [2.45, 2.75) is 19.3 Å². The summed E-state index contributed by atoms with van der Waals surface area (Å²) < 4.78 is 1.02. The minimum atomic E-state index is 0.125. The summed E-state index contributed by atoms with van der Waals surface area (Å²) in [6, 6.07) is 7.90. The Morgan fingerprint density at radius 1 is 1.18 bits per heavy atom. The van der Waals surface area contributed by atoms with Gasteiger partial charge in [0.25, 0.3) is 0 Å². The van der Waals surface area contributed by atoms with Crippen LogP contribution in [0.25, 0.3) is 6.08 Å². The number of amides is 1. The predicted octanol–water partition coefficient (Wildman–Crippen LogP) is 3.47. The number of nitrogens with zero attached hydrogens (tertiary/aromatic N) is 1. The summed E-state index contributed by atoms with van der Waals surface area (Å²) in [6.45, 7) is 1.80. The standard InChI is InChI=1S/C14H16BrNO/c15-13-7-3-2-6-12(13)8-9-14(17)16-10-4-1-5-11-16/h2-3,6-9H,1,4-5,10-11H2. The van der Waals surface area contributed by atoms with Gasteiger partial charge in [-0.1, -0.05) is 34.1 Å². The van der Waals surface area contributed by atoms with E-state index in [2.05, 4.69) is 15.9 Å². The first-order valence-electron chi connectivity index (χ1n) is 5.99. The van der Waals surface area contributed by atoms with Crippen molar-refractivity contribution in [3.05, 3.63) is 40.4 Å². The van der Waals surface area contributed by atoms with Crippen LogP contribution in [0.4, 0.5) is 0 Å². The first kappa shape index (κ1) is 12.4. The highest BCUT2D eigenvalue weighted by Gasteiger charge is 2.13. The van der Waals surface area contributed by atoms with Gasteiger partial charge in [-0.3, -0.25) is 4.79 Å². The van der Waals surface area contributed by atoms with E-state index in [1.54, 1.807) is 6.08 Å². The number of hydrogen-bond acceptors (Lipinski definition) is 1. The van der Waals surface area contributed by atoms with Crippen LogP contribution in [0.3, 0.4) is 0 Å². The van der Waals surface area contributed by atoms with Crippen molar-refractivity contribution in [3.8, 4) is 0 Å². The molecule has 0 radical (unpaired) electrons. The van der Waals surface area contributed by atoms with E-state index in [0.717, 1.165) is 36.0 Å². The quantitative estimate of drug-likeness (QED) is 0.765. The van der Waals surface area contributed by atoms with Gasteiger partial charge < -0.3 is 4.90 Å². The molecule has 1 aromatic carbocycles. The van der Waals surface area contributed by atoms with Crippen LogP contribution in [0.5, 0.6) is 0 Å². The summed E-state index contributed by atoms with van der Waals surface area (Å²) in [7, 11) is 0. The van der Waals surface area contributed by atoms with Crippen molar-refractivity contribution in [3.63, 3.8) is 0 Å². The number of carbonyl (C=O) groups is 1. The third-order valence-corrected chi connectivity index (χ3v) is 3.70. The molecule has 0 spiro atoms. The Bertz CT molecular complexity index is 422. The van der Waals surface area contributed by atoms with Crippen LogP contribution >= 0.6 is 15.9 Å². The second-order valence-electron chi connectivity index (χ2n) is 4.24. The zero-order valence-electron chi connectivity index (χ0n) is 9.73. The smallest absolute Gasteiger partial charge is 0.246 e. The average molecular weight is 294 g/mol. The zero-order valence-corrected chi connectivity index (χ0v) is 11.3. The molecule has 3 heteroatoms. The van der Waals surface area contributed by atoms with Crippen molar-refractivity contribution >= 4 is 27.9 Å². The van der Waals surface area contributed by atoms with E-state index in [1.807, 2.05) is 35.2 Å². The maximum Gasteiger partial charge on any atom is 0.246 e. The topological polar surface area (TPSA) is 20.3 Å². The molecule has 2 nitrogen and oxygen atoms in total. The number of likely N-dealkylation sites (tertiary alicyclic amines) is 1. The molecule has 1 amide bonds. The molecule has 0 N–H and O–H groups in total.